The van der Waals surface area contributed by atoms with Crippen LogP contribution in [0, 0.1) is 0 Å². The van der Waals surface area contributed by atoms with Gasteiger partial charge in [0.05, 0.1) is 6.04 Å². The van der Waals surface area contributed by atoms with Gasteiger partial charge in [-0.25, -0.2) is 0 Å². The quantitative estimate of drug-likeness (QED) is 0.662. The van der Waals surface area contributed by atoms with Crippen LogP contribution in [0.5, 0.6) is 0 Å². The first kappa shape index (κ1) is 12.8. The van der Waals surface area contributed by atoms with Crippen molar-refractivity contribution in [2.24, 2.45) is 5.73 Å². The molecule has 1 aliphatic carbocycles. The predicted molar refractivity (Wildman–Crippen MR) is 67.7 cm³/mol. The SMILES string of the molecule is CC1CN(CC(NC2CC2)C(N)=O)CCN1C. The zero-order valence-corrected chi connectivity index (χ0v) is 10.9. The zero-order valence-electron chi connectivity index (χ0n) is 10.9. The van der Waals surface area contributed by atoms with Gasteiger partial charge >= 0.3 is 0 Å². The number of piperazine rings is 1. The van der Waals surface area contributed by atoms with Crippen LogP contribution < -0.4 is 11.1 Å². The van der Waals surface area contributed by atoms with Crippen LogP contribution in [0.2, 0.25) is 0 Å². The van der Waals surface area contributed by atoms with Gasteiger partial charge in [-0.2, -0.15) is 0 Å². The fourth-order valence-electron chi connectivity index (χ4n) is 2.31. The first-order chi connectivity index (χ1) is 8.06. The molecular weight excluding hydrogens is 216 g/mol. The third kappa shape index (κ3) is 3.66. The average Bonchev–Trinajstić information content (AvgIpc) is 3.06. The lowest BCUT2D eigenvalue weighted by molar-refractivity contribution is -0.120. The molecule has 17 heavy (non-hydrogen) atoms. The van der Waals surface area contributed by atoms with Gasteiger partial charge in [-0.05, 0) is 26.8 Å². The van der Waals surface area contributed by atoms with Gasteiger partial charge in [0, 0.05) is 38.3 Å². The second-order valence-electron chi connectivity index (χ2n) is 5.49. The Kier molecular flexibility index (Phi) is 4.01. The number of hydrogen-bond donors (Lipinski definition) is 2. The van der Waals surface area contributed by atoms with Crippen LogP contribution in [-0.2, 0) is 4.79 Å². The number of primary amides is 1. The Morgan fingerprint density at radius 2 is 2.18 bits per heavy atom. The Labute approximate surface area is 103 Å². The van der Waals surface area contributed by atoms with Crippen LogP contribution in [0.4, 0.5) is 0 Å². The molecule has 0 radical (unpaired) electrons. The molecule has 2 rings (SSSR count). The van der Waals surface area contributed by atoms with E-state index in [9.17, 15) is 4.79 Å². The van der Waals surface area contributed by atoms with Crippen LogP contribution in [0.3, 0.4) is 0 Å². The number of nitrogens with zero attached hydrogens (tertiary/aromatic N) is 2. The Morgan fingerprint density at radius 3 is 2.71 bits per heavy atom. The highest BCUT2D eigenvalue weighted by Crippen LogP contribution is 2.19. The van der Waals surface area contributed by atoms with Gasteiger partial charge in [-0.3, -0.25) is 9.69 Å². The summed E-state index contributed by atoms with van der Waals surface area (Å²) in [6.07, 6.45) is 2.37. The van der Waals surface area contributed by atoms with Crippen molar-refractivity contribution in [3.8, 4) is 0 Å². The average molecular weight is 240 g/mol. The second kappa shape index (κ2) is 5.33. The molecule has 1 aliphatic heterocycles. The van der Waals surface area contributed by atoms with E-state index >= 15 is 0 Å². The minimum atomic E-state index is -0.219. The van der Waals surface area contributed by atoms with E-state index in [0.717, 1.165) is 26.2 Å². The molecule has 98 valence electrons. The van der Waals surface area contributed by atoms with E-state index in [2.05, 4.69) is 29.1 Å². The summed E-state index contributed by atoms with van der Waals surface area (Å²) in [6, 6.07) is 0.897. The molecule has 1 saturated heterocycles. The number of nitrogens with two attached hydrogens (primary N) is 1. The summed E-state index contributed by atoms with van der Waals surface area (Å²) in [5.41, 5.74) is 5.45. The molecule has 0 bridgehead atoms. The third-order valence-corrected chi connectivity index (χ3v) is 3.84. The van der Waals surface area contributed by atoms with E-state index in [4.69, 9.17) is 5.73 Å². The van der Waals surface area contributed by atoms with Crippen molar-refractivity contribution < 1.29 is 4.79 Å². The fraction of sp³-hybridized carbons (Fsp3) is 0.917. The molecule has 2 fully saturated rings. The number of carbonyl (C=O) groups is 1. The van der Waals surface area contributed by atoms with Crippen molar-refractivity contribution in [3.63, 3.8) is 0 Å². The third-order valence-electron chi connectivity index (χ3n) is 3.84. The maximum absolute atomic E-state index is 11.4. The van der Waals surface area contributed by atoms with Crippen molar-refractivity contribution in [3.05, 3.63) is 0 Å². The lowest BCUT2D eigenvalue weighted by atomic mass is 10.1. The van der Waals surface area contributed by atoms with E-state index in [0.29, 0.717) is 12.1 Å². The maximum atomic E-state index is 11.4. The predicted octanol–water partition coefficient (Wildman–Crippen LogP) is -0.772. The van der Waals surface area contributed by atoms with Crippen LogP contribution >= 0.6 is 0 Å². The Bertz CT molecular complexity index is 280. The Hall–Kier alpha value is -0.650. The smallest absolute Gasteiger partial charge is 0.235 e. The standard InChI is InChI=1S/C12H24N4O/c1-9-7-16(6-5-15(9)2)8-11(12(13)17)14-10-3-4-10/h9-11,14H,3-8H2,1-2H3,(H2,13,17). The normalized spacial score (nSPS) is 29.2. The van der Waals surface area contributed by atoms with Gasteiger partial charge in [0.25, 0.3) is 0 Å². The molecule has 1 amide bonds. The van der Waals surface area contributed by atoms with Crippen molar-refractivity contribution in [2.75, 3.05) is 33.2 Å². The molecule has 0 spiro atoms. The molecule has 5 nitrogen and oxygen atoms in total. The topological polar surface area (TPSA) is 61.6 Å². The van der Waals surface area contributed by atoms with Gasteiger partial charge in [-0.1, -0.05) is 0 Å². The molecule has 0 aromatic rings. The molecule has 1 saturated carbocycles. The van der Waals surface area contributed by atoms with E-state index in [1.165, 1.54) is 12.8 Å². The number of carbonyl (C=O) groups excluding carboxylic acids is 1. The molecule has 3 N–H and O–H groups in total. The monoisotopic (exact) mass is 240 g/mol. The molecule has 5 heteroatoms. The van der Waals surface area contributed by atoms with Crippen LogP contribution in [0.1, 0.15) is 19.8 Å². The minimum Gasteiger partial charge on any atom is -0.368 e. The molecule has 2 aliphatic rings. The van der Waals surface area contributed by atoms with Crippen molar-refractivity contribution >= 4 is 5.91 Å². The lowest BCUT2D eigenvalue weighted by Crippen LogP contribution is -2.56. The van der Waals surface area contributed by atoms with Gasteiger partial charge in [0.15, 0.2) is 0 Å². The Morgan fingerprint density at radius 1 is 1.47 bits per heavy atom. The van der Waals surface area contributed by atoms with E-state index < -0.39 is 0 Å². The molecule has 2 unspecified atom stereocenters. The largest absolute Gasteiger partial charge is 0.368 e. The van der Waals surface area contributed by atoms with E-state index in [1.807, 2.05) is 0 Å². The summed E-state index contributed by atoms with van der Waals surface area (Å²) < 4.78 is 0. The first-order valence-electron chi connectivity index (χ1n) is 6.54. The molecule has 1 heterocycles. The summed E-state index contributed by atoms with van der Waals surface area (Å²) in [6.45, 7) is 6.09. The zero-order chi connectivity index (χ0) is 12.4. The highest BCUT2D eigenvalue weighted by molar-refractivity contribution is 5.80. The summed E-state index contributed by atoms with van der Waals surface area (Å²) in [5.74, 6) is -0.219. The number of rotatable bonds is 5. The lowest BCUT2D eigenvalue weighted by Gasteiger charge is -2.38. The fourth-order valence-corrected chi connectivity index (χ4v) is 2.31. The van der Waals surface area contributed by atoms with Crippen molar-refractivity contribution in [2.45, 2.75) is 37.9 Å². The maximum Gasteiger partial charge on any atom is 0.235 e. The second-order valence-corrected chi connectivity index (χ2v) is 5.49. The number of likely N-dealkylation sites (N-methyl/N-ethyl adjacent to an activating group) is 1. The van der Waals surface area contributed by atoms with E-state index in [1.54, 1.807) is 0 Å². The van der Waals surface area contributed by atoms with Gasteiger partial charge < -0.3 is 16.0 Å². The summed E-state index contributed by atoms with van der Waals surface area (Å²) >= 11 is 0. The number of nitrogens with one attached hydrogen (secondary N) is 1. The highest BCUT2D eigenvalue weighted by Gasteiger charge is 2.30. The molecule has 0 aromatic heterocycles. The molecule has 0 aromatic carbocycles. The first-order valence-corrected chi connectivity index (χ1v) is 6.54. The van der Waals surface area contributed by atoms with Crippen LogP contribution in [0.15, 0.2) is 0 Å². The Balaban J connectivity index is 1.82. The minimum absolute atomic E-state index is 0.182. The van der Waals surface area contributed by atoms with Crippen molar-refractivity contribution in [1.29, 1.82) is 0 Å². The van der Waals surface area contributed by atoms with E-state index in [-0.39, 0.29) is 11.9 Å². The van der Waals surface area contributed by atoms with Crippen molar-refractivity contribution in [1.82, 2.24) is 15.1 Å². The molecule has 2 atom stereocenters. The number of amides is 1. The van der Waals surface area contributed by atoms with Crippen LogP contribution in [-0.4, -0.2) is 67.1 Å². The summed E-state index contributed by atoms with van der Waals surface area (Å²) in [5, 5.41) is 3.33. The van der Waals surface area contributed by atoms with Crippen LogP contribution in [0.25, 0.3) is 0 Å². The van der Waals surface area contributed by atoms with Gasteiger partial charge in [0.1, 0.15) is 0 Å². The van der Waals surface area contributed by atoms with Gasteiger partial charge in [0.2, 0.25) is 5.91 Å². The summed E-state index contributed by atoms with van der Waals surface area (Å²) in [4.78, 5) is 16.1. The highest BCUT2D eigenvalue weighted by atomic mass is 16.1. The number of hydrogen-bond acceptors (Lipinski definition) is 4. The molecular formula is C12H24N4O. The van der Waals surface area contributed by atoms with Gasteiger partial charge in [-0.15, -0.1) is 0 Å². The summed E-state index contributed by atoms with van der Waals surface area (Å²) in [7, 11) is 2.15.